The molecule has 3 aliphatic heterocycles. The van der Waals surface area contributed by atoms with Crippen molar-refractivity contribution in [3.8, 4) is 23.0 Å². The summed E-state index contributed by atoms with van der Waals surface area (Å²) in [4.78, 5) is 38.7. The fourth-order valence-corrected chi connectivity index (χ4v) is 6.99. The van der Waals surface area contributed by atoms with E-state index in [9.17, 15) is 24.6 Å². The number of ether oxygens (including phenoxy) is 2. The van der Waals surface area contributed by atoms with Crippen LogP contribution in [-0.2, 0) is 19.9 Å². The van der Waals surface area contributed by atoms with Crippen molar-refractivity contribution in [3.63, 3.8) is 0 Å². The third kappa shape index (κ3) is 4.14. The van der Waals surface area contributed by atoms with Gasteiger partial charge >= 0.3 is 65.1 Å². The van der Waals surface area contributed by atoms with Crippen LogP contribution in [-0.4, -0.2) is 17.8 Å². The van der Waals surface area contributed by atoms with Gasteiger partial charge in [0, 0.05) is 37.8 Å². The second-order valence-corrected chi connectivity index (χ2v) is 11.3. The molecule has 14 heteroatoms. The molecule has 6 rings (SSSR count). The number of imide groups is 1. The van der Waals surface area contributed by atoms with Gasteiger partial charge in [-0.25, -0.2) is 9.69 Å². The number of benzene rings is 3. The summed E-state index contributed by atoms with van der Waals surface area (Å²) in [7, 11) is 0. The van der Waals surface area contributed by atoms with Gasteiger partial charge in [0.2, 0.25) is 0 Å². The van der Waals surface area contributed by atoms with Gasteiger partial charge in [-0.15, -0.1) is 0 Å². The number of nitrogens with zero attached hydrogens (tertiary/aromatic N) is 1. The molecule has 3 aliphatic rings. The maximum absolute atomic E-state index is 13.3. The molecule has 0 N–H and O–H groups in total. The number of carbonyl (C=O) groups excluding carboxylic acids is 3. The summed E-state index contributed by atoms with van der Waals surface area (Å²) < 4.78 is 12.6. The van der Waals surface area contributed by atoms with E-state index in [-0.39, 0.29) is 99.8 Å². The maximum atomic E-state index is 13.3. The molecule has 2 amide bonds. The molecule has 1 spiro atoms. The van der Waals surface area contributed by atoms with Crippen LogP contribution >= 0.6 is 63.7 Å². The predicted molar refractivity (Wildman–Crippen MR) is 136 cm³/mol. The zero-order valence-electron chi connectivity index (χ0n) is 19.4. The van der Waals surface area contributed by atoms with Crippen LogP contribution in [0.25, 0.3) is 0 Å². The van der Waals surface area contributed by atoms with Gasteiger partial charge in [-0.3, -0.25) is 9.59 Å². The number of esters is 1. The van der Waals surface area contributed by atoms with Crippen LogP contribution in [0.2, 0.25) is 0 Å². The topological polar surface area (TPSA) is 119 Å². The van der Waals surface area contributed by atoms with E-state index in [0.29, 0.717) is 16.7 Å². The Labute approximate surface area is 292 Å². The Bertz CT molecular complexity index is 1560. The van der Waals surface area contributed by atoms with Crippen molar-refractivity contribution in [1.82, 2.24) is 0 Å². The number of anilines is 1. The smallest absolute Gasteiger partial charge is 0.871 e. The second-order valence-electron chi connectivity index (χ2n) is 8.00. The van der Waals surface area contributed by atoms with Crippen LogP contribution in [0.3, 0.4) is 0 Å². The van der Waals surface area contributed by atoms with E-state index < -0.39 is 34.9 Å². The Balaban J connectivity index is 0.00000168. The summed E-state index contributed by atoms with van der Waals surface area (Å²) in [5, 5.41) is 25.4. The normalized spacial score (nSPS) is 15.8. The molecule has 0 radical (unpaired) electrons. The van der Waals surface area contributed by atoms with Crippen LogP contribution in [0.5, 0.6) is 23.0 Å². The summed E-state index contributed by atoms with van der Waals surface area (Å²) in [5.74, 6) is -2.44. The molecular formula is C24H7Br4NNa2O7. The van der Waals surface area contributed by atoms with E-state index in [2.05, 4.69) is 63.7 Å². The molecule has 0 saturated heterocycles. The SMILES string of the molecule is O=C1OC2(c3ccc(N4C(=O)C=CC4=O)cc31)c1cc(Br)c([O-])c(Br)c1Oc1c2cc(Br)c([O-])c1Br.[Na+].[Na+]. The van der Waals surface area contributed by atoms with Crippen LogP contribution in [0, 0.1) is 0 Å². The first-order valence-electron chi connectivity index (χ1n) is 10.1. The minimum Gasteiger partial charge on any atom is -0.871 e. The average Bonchev–Trinajstić information content (AvgIpc) is 3.34. The third-order valence-electron chi connectivity index (χ3n) is 6.14. The predicted octanol–water partition coefficient (Wildman–Crippen LogP) is -1.11. The zero-order chi connectivity index (χ0) is 25.7. The Kier molecular flexibility index (Phi) is 8.47. The number of halogens is 4. The molecular weight excluding hydrogens is 780 g/mol. The minimum atomic E-state index is -1.61. The fraction of sp³-hybridized carbons (Fsp3) is 0.0417. The molecule has 180 valence electrons. The first-order chi connectivity index (χ1) is 17.1. The summed E-state index contributed by atoms with van der Waals surface area (Å²) >= 11 is 13.1. The van der Waals surface area contributed by atoms with Crippen molar-refractivity contribution in [1.29, 1.82) is 0 Å². The maximum Gasteiger partial charge on any atom is 1.00 e. The Morgan fingerprint density at radius 3 is 1.74 bits per heavy atom. The number of fused-ring (bicyclic) bond motifs is 6. The van der Waals surface area contributed by atoms with Crippen molar-refractivity contribution in [2.24, 2.45) is 0 Å². The molecule has 3 heterocycles. The van der Waals surface area contributed by atoms with Crippen LogP contribution < -0.4 is 79.0 Å². The Morgan fingerprint density at radius 1 is 0.737 bits per heavy atom. The number of hydrogen-bond donors (Lipinski definition) is 0. The standard InChI is InChI=1S/C24H9Br4NO7.2Na/c25-13-6-11-21(17(27)19(13)32)35-22-12(7-14(26)20(33)18(22)28)24(11)10-2-1-8(5-9(10)23(34)36-24)29-15(30)3-4-16(29)31;;/h1-7,32-33H;;/q;2*+1/p-2. The third-order valence-corrected chi connectivity index (χ3v) is 8.76. The van der Waals surface area contributed by atoms with E-state index in [0.717, 1.165) is 17.1 Å². The molecule has 0 bridgehead atoms. The molecule has 8 nitrogen and oxygen atoms in total. The molecule has 0 aliphatic carbocycles. The number of rotatable bonds is 1. The first-order valence-corrected chi connectivity index (χ1v) is 13.2. The molecule has 0 atom stereocenters. The zero-order valence-corrected chi connectivity index (χ0v) is 29.7. The van der Waals surface area contributed by atoms with Gasteiger partial charge in [0.05, 0.1) is 20.2 Å². The van der Waals surface area contributed by atoms with Gasteiger partial charge in [0.25, 0.3) is 11.8 Å². The number of hydrogen-bond acceptors (Lipinski definition) is 7. The summed E-state index contributed by atoms with van der Waals surface area (Å²) in [6.07, 6.45) is 2.29. The minimum absolute atomic E-state index is 0. The largest absolute Gasteiger partial charge is 1.00 e. The first kappa shape index (κ1) is 30.3. The molecule has 0 unspecified atom stereocenters. The Morgan fingerprint density at radius 2 is 1.24 bits per heavy atom. The van der Waals surface area contributed by atoms with Crippen molar-refractivity contribution in [2.75, 3.05) is 4.90 Å². The average molecular weight is 787 g/mol. The van der Waals surface area contributed by atoms with Crippen LogP contribution in [0.15, 0.2) is 60.4 Å². The van der Waals surface area contributed by atoms with Gasteiger partial charge < -0.3 is 19.7 Å². The fourth-order valence-electron chi connectivity index (χ4n) is 4.59. The second kappa shape index (κ2) is 10.6. The summed E-state index contributed by atoms with van der Waals surface area (Å²) in [6.45, 7) is 0. The Hall–Kier alpha value is -0.670. The molecule has 0 fully saturated rings. The summed E-state index contributed by atoms with van der Waals surface area (Å²) in [5.41, 5.74) is -0.256. The van der Waals surface area contributed by atoms with E-state index >= 15 is 0 Å². The van der Waals surface area contributed by atoms with Crippen LogP contribution in [0.4, 0.5) is 5.69 Å². The van der Waals surface area contributed by atoms with Crippen molar-refractivity contribution < 1.29 is 93.2 Å². The van der Waals surface area contributed by atoms with Crippen molar-refractivity contribution in [2.45, 2.75) is 5.60 Å². The molecule has 3 aromatic carbocycles. The van der Waals surface area contributed by atoms with Crippen molar-refractivity contribution in [3.05, 3.63) is 82.6 Å². The number of amides is 2. The molecule has 3 aromatic rings. The molecule has 38 heavy (non-hydrogen) atoms. The quantitative estimate of drug-likeness (QED) is 0.175. The number of carbonyl (C=O) groups is 3. The molecule has 0 aromatic heterocycles. The van der Waals surface area contributed by atoms with Gasteiger partial charge in [-0.2, -0.15) is 0 Å². The van der Waals surface area contributed by atoms with E-state index in [4.69, 9.17) is 9.47 Å². The van der Waals surface area contributed by atoms with Crippen molar-refractivity contribution >= 4 is 87.2 Å². The van der Waals surface area contributed by atoms with Gasteiger partial charge in [0.1, 0.15) is 11.5 Å². The van der Waals surface area contributed by atoms with Gasteiger partial charge in [-0.05, 0) is 56.1 Å². The van der Waals surface area contributed by atoms with E-state index in [1.165, 1.54) is 24.3 Å². The van der Waals surface area contributed by atoms with E-state index in [1.807, 2.05) is 0 Å². The van der Waals surface area contributed by atoms with Gasteiger partial charge in [0.15, 0.2) is 5.60 Å². The van der Waals surface area contributed by atoms with Crippen LogP contribution in [0.1, 0.15) is 27.0 Å². The van der Waals surface area contributed by atoms with E-state index in [1.54, 1.807) is 6.07 Å². The summed E-state index contributed by atoms with van der Waals surface area (Å²) in [6, 6.07) is 7.52. The monoisotopic (exact) mass is 783 g/mol. The van der Waals surface area contributed by atoms with Gasteiger partial charge in [-0.1, -0.05) is 49.4 Å². The molecule has 0 saturated carbocycles.